The maximum atomic E-state index is 8.77. The molecule has 0 fully saturated rings. The maximum absolute atomic E-state index is 8.77. The third-order valence-corrected chi connectivity index (χ3v) is 0. The Morgan fingerprint density at radius 1 is 0.917 bits per heavy atom. The van der Waals surface area contributed by atoms with Crippen molar-refractivity contribution >= 4 is 110 Å². The Bertz CT molecular complexity index is 129. The fraction of sp³-hybridized carbons (Fsp3) is 0. The fourth-order valence-corrected chi connectivity index (χ4v) is 0. The molecule has 0 aliphatic rings. The van der Waals surface area contributed by atoms with Crippen molar-refractivity contribution in [3.63, 3.8) is 0 Å². The molecule has 0 heterocycles. The molecule has 0 atom stereocenters. The van der Waals surface area contributed by atoms with Crippen LogP contribution in [0.2, 0.25) is 0 Å². The Labute approximate surface area is 145 Å². The summed E-state index contributed by atoms with van der Waals surface area (Å²) < 4.78 is 17.3. The molecule has 12 heavy (non-hydrogen) atoms. The van der Waals surface area contributed by atoms with Crippen molar-refractivity contribution in [2.24, 2.45) is 0 Å². The Hall–Kier alpha value is 3.27. The van der Waals surface area contributed by atoms with Crippen LogP contribution in [0.25, 0.3) is 0 Å². The summed E-state index contributed by atoms with van der Waals surface area (Å²) in [6.07, 6.45) is 0. The van der Waals surface area contributed by atoms with Crippen LogP contribution in [0.4, 0.5) is 0 Å². The van der Waals surface area contributed by atoms with Crippen LogP contribution in [-0.4, -0.2) is 104 Å². The Morgan fingerprint density at radius 3 is 0.917 bits per heavy atom. The molecule has 12 heteroatoms. The summed E-state index contributed by atoms with van der Waals surface area (Å²) in [6.45, 7) is 0. The smallest absolute Gasteiger partial charge is 0.822 e. The van der Waals surface area contributed by atoms with E-state index in [-0.39, 0.29) is 94.4 Å². The van der Waals surface area contributed by atoms with Gasteiger partial charge in [-0.15, -0.1) is 0 Å². The minimum Gasteiger partial charge on any atom is -0.822 e. The summed E-state index contributed by atoms with van der Waals surface area (Å²) in [5.41, 5.74) is 0. The van der Waals surface area contributed by atoms with Crippen LogP contribution in [0.1, 0.15) is 0 Å². The molecule has 0 radical (unpaired) electrons. The molecule has 0 saturated heterocycles. The van der Waals surface area contributed by atoms with Crippen LogP contribution in [0.3, 0.4) is 0 Å². The van der Waals surface area contributed by atoms with Gasteiger partial charge in [-0.05, 0) is 0 Å². The normalized spacial score (nSPS) is 9.83. The van der Waals surface area contributed by atoms with Crippen LogP contribution in [0.15, 0.2) is 0 Å². The van der Waals surface area contributed by atoms with E-state index in [0.717, 1.165) is 0 Å². The van der Waals surface area contributed by atoms with E-state index in [1.165, 1.54) is 0 Å². The monoisotopic (exact) mass is 418 g/mol. The summed E-state index contributed by atoms with van der Waals surface area (Å²) in [6, 6.07) is 0. The third kappa shape index (κ3) is 187. The number of phosphoric acid groups is 2. The molecule has 0 aromatic carbocycles. The standard InChI is InChI=1S/Ba.2H3O4P.Sr/c;2*1-5(2,3)4;/h;2*(H3,1,2,3,4);/q+2;;;+2/p-4. The Balaban J connectivity index is -0.0000000457. The molecule has 64 valence electrons. The molecule has 0 aromatic heterocycles. The van der Waals surface area contributed by atoms with Crippen LogP contribution in [-0.2, 0) is 9.13 Å². The minimum atomic E-state index is -5.39. The molecule has 2 N–H and O–H groups in total. The first-order valence-corrected chi connectivity index (χ1v) is 4.49. The molecule has 0 aliphatic heterocycles. The van der Waals surface area contributed by atoms with Crippen molar-refractivity contribution in [2.75, 3.05) is 0 Å². The summed E-state index contributed by atoms with van der Waals surface area (Å²) in [4.78, 5) is 48.6. The van der Waals surface area contributed by atoms with Gasteiger partial charge in [-0.1, -0.05) is 0 Å². The molecule has 0 unspecified atom stereocenters. The summed E-state index contributed by atoms with van der Waals surface area (Å²) in [5, 5.41) is 0. The van der Waals surface area contributed by atoms with Gasteiger partial charge in [-0.2, -0.15) is 7.82 Å². The van der Waals surface area contributed by atoms with E-state index in [2.05, 4.69) is 0 Å². The molecular formula is H2BaO8P2Sr. The molecule has 0 amide bonds. The largest absolute Gasteiger partial charge is 2.00 e. The van der Waals surface area contributed by atoms with E-state index >= 15 is 0 Å². The minimum absolute atomic E-state index is 0. The van der Waals surface area contributed by atoms with Crippen molar-refractivity contribution in [3.8, 4) is 0 Å². The first-order valence-electron chi connectivity index (χ1n) is 1.50. The van der Waals surface area contributed by atoms with Gasteiger partial charge in [0.05, 0.1) is 0 Å². The zero-order chi connectivity index (χ0) is 9.00. The van der Waals surface area contributed by atoms with E-state index in [9.17, 15) is 0 Å². The third-order valence-electron chi connectivity index (χ3n) is 0. The van der Waals surface area contributed by atoms with Gasteiger partial charge in [-0.3, -0.25) is 4.57 Å². The average Bonchev–Trinajstić information content (AvgIpc) is 1.12. The quantitative estimate of drug-likeness (QED) is 0.292. The Morgan fingerprint density at radius 2 is 0.917 bits per heavy atom. The van der Waals surface area contributed by atoms with Gasteiger partial charge in [0.25, 0.3) is 7.82 Å². The second-order valence-electron chi connectivity index (χ2n) is 0.938. The predicted molar refractivity (Wildman–Crippen MR) is 31.2 cm³/mol. The molecule has 0 aliphatic carbocycles. The van der Waals surface area contributed by atoms with Gasteiger partial charge < -0.3 is 33.9 Å². The maximum Gasteiger partial charge on any atom is 2.00 e. The van der Waals surface area contributed by atoms with Crippen LogP contribution < -0.4 is 19.6 Å². The first kappa shape index (κ1) is 24.5. The zero-order valence-electron chi connectivity index (χ0n) is 5.65. The van der Waals surface area contributed by atoms with Gasteiger partial charge in [0, 0.05) is 0 Å². The van der Waals surface area contributed by atoms with E-state index in [1.807, 2.05) is 0 Å². The molecule has 0 rings (SSSR count). The Kier molecular flexibility index (Phi) is 22.0. The van der Waals surface area contributed by atoms with Gasteiger partial charge >= 0.3 is 94.4 Å². The fourth-order valence-electron chi connectivity index (χ4n) is 0. The van der Waals surface area contributed by atoms with E-state index < -0.39 is 15.6 Å². The molecule has 0 saturated carbocycles. The van der Waals surface area contributed by atoms with Gasteiger partial charge in [0.15, 0.2) is 0 Å². The number of hydrogen-bond donors (Lipinski definition) is 2. The van der Waals surface area contributed by atoms with Crippen molar-refractivity contribution in [1.29, 1.82) is 0 Å². The summed E-state index contributed by atoms with van der Waals surface area (Å²) in [7, 11) is -10.3. The van der Waals surface area contributed by atoms with E-state index in [4.69, 9.17) is 38.5 Å². The molecule has 0 bridgehead atoms. The van der Waals surface area contributed by atoms with Crippen molar-refractivity contribution in [3.05, 3.63) is 0 Å². The molecular weight excluding hydrogens is 415 g/mol. The van der Waals surface area contributed by atoms with Crippen molar-refractivity contribution in [1.82, 2.24) is 0 Å². The first-order chi connectivity index (χ1) is 4.00. The van der Waals surface area contributed by atoms with Crippen LogP contribution >= 0.6 is 15.6 Å². The zero-order valence-corrected chi connectivity index (χ0v) is 15.4. The second kappa shape index (κ2) is 10.8. The van der Waals surface area contributed by atoms with Crippen LogP contribution in [0, 0.1) is 0 Å². The predicted octanol–water partition coefficient (Wildman–Crippen LogP) is -5.15. The SMILES string of the molecule is O=P([O-])(O)O.O=P([O-])([O-])[O-].[Ba+2].[Sr+2]. The number of rotatable bonds is 0. The van der Waals surface area contributed by atoms with Crippen LogP contribution in [0.5, 0.6) is 0 Å². The molecule has 8 nitrogen and oxygen atoms in total. The summed E-state index contributed by atoms with van der Waals surface area (Å²) in [5.74, 6) is 0. The molecule has 0 spiro atoms. The van der Waals surface area contributed by atoms with Crippen molar-refractivity contribution in [2.45, 2.75) is 0 Å². The average molecular weight is 417 g/mol. The second-order valence-corrected chi connectivity index (χ2v) is 2.81. The summed E-state index contributed by atoms with van der Waals surface area (Å²) >= 11 is 0. The van der Waals surface area contributed by atoms with Gasteiger partial charge in [0.1, 0.15) is 0 Å². The van der Waals surface area contributed by atoms with Gasteiger partial charge in [-0.25, -0.2) is 0 Å². The topological polar surface area (TPSA) is 167 Å². The van der Waals surface area contributed by atoms with Gasteiger partial charge in [0.2, 0.25) is 0 Å². The van der Waals surface area contributed by atoms with E-state index in [1.54, 1.807) is 0 Å². The van der Waals surface area contributed by atoms with Crippen molar-refractivity contribution < 1.29 is 38.5 Å². The number of hydrogen-bond acceptors (Lipinski definition) is 6. The molecule has 0 aromatic rings. The van der Waals surface area contributed by atoms with E-state index in [0.29, 0.717) is 0 Å².